The van der Waals surface area contributed by atoms with Crippen molar-refractivity contribution < 1.29 is 13.5 Å². The molecule has 1 fully saturated rings. The highest BCUT2D eigenvalue weighted by Gasteiger charge is 2.19. The van der Waals surface area contributed by atoms with Gasteiger partial charge < -0.3 is 9.64 Å². The Hall–Kier alpha value is -1.94. The minimum Gasteiger partial charge on any atom is -0.494 e. The maximum Gasteiger partial charge on any atom is 0.159 e. The van der Waals surface area contributed by atoms with Gasteiger partial charge in [-0.3, -0.25) is 0 Å². The molecule has 0 spiro atoms. The molecule has 0 bridgehead atoms. The summed E-state index contributed by atoms with van der Waals surface area (Å²) in [6.07, 6.45) is 4.21. The van der Waals surface area contributed by atoms with E-state index in [2.05, 4.69) is 4.90 Å². The van der Waals surface area contributed by atoms with Gasteiger partial charge in [-0.15, -0.1) is 0 Å². The molecule has 2 aromatic carbocycles. The van der Waals surface area contributed by atoms with Crippen molar-refractivity contribution in [2.45, 2.75) is 25.7 Å². The van der Waals surface area contributed by atoms with Crippen molar-refractivity contribution >= 4 is 0 Å². The lowest BCUT2D eigenvalue weighted by Crippen LogP contribution is -2.35. The summed E-state index contributed by atoms with van der Waals surface area (Å²) in [7, 11) is 0. The van der Waals surface area contributed by atoms with Crippen LogP contribution in [-0.2, 0) is 6.42 Å². The predicted molar refractivity (Wildman–Crippen MR) is 95.8 cm³/mol. The molecular weight excluding hydrogens is 320 g/mol. The number of ether oxygens (including phenoxy) is 1. The first-order valence-corrected chi connectivity index (χ1v) is 9.05. The maximum absolute atomic E-state index is 13.2. The molecule has 0 aliphatic carbocycles. The van der Waals surface area contributed by atoms with Crippen LogP contribution < -0.4 is 4.74 Å². The van der Waals surface area contributed by atoms with E-state index in [-0.39, 0.29) is 0 Å². The zero-order chi connectivity index (χ0) is 17.5. The lowest BCUT2D eigenvalue weighted by Gasteiger charge is -2.32. The topological polar surface area (TPSA) is 12.5 Å². The second-order valence-corrected chi connectivity index (χ2v) is 6.73. The van der Waals surface area contributed by atoms with Crippen molar-refractivity contribution in [1.82, 2.24) is 4.90 Å². The van der Waals surface area contributed by atoms with Crippen molar-refractivity contribution in [2.75, 3.05) is 26.2 Å². The number of benzene rings is 2. The van der Waals surface area contributed by atoms with Gasteiger partial charge >= 0.3 is 0 Å². The van der Waals surface area contributed by atoms with Gasteiger partial charge in [0, 0.05) is 6.54 Å². The number of para-hydroxylation sites is 1. The van der Waals surface area contributed by atoms with Crippen molar-refractivity contribution in [3.05, 3.63) is 65.7 Å². The number of likely N-dealkylation sites (tertiary alicyclic amines) is 1. The second-order valence-electron chi connectivity index (χ2n) is 6.73. The van der Waals surface area contributed by atoms with Gasteiger partial charge in [0.2, 0.25) is 0 Å². The highest BCUT2D eigenvalue weighted by atomic mass is 19.2. The summed E-state index contributed by atoms with van der Waals surface area (Å²) in [5.74, 6) is 0.117. The molecule has 0 unspecified atom stereocenters. The summed E-state index contributed by atoms with van der Waals surface area (Å²) < 4.78 is 32.0. The number of nitrogens with zero attached hydrogens (tertiary/aromatic N) is 1. The van der Waals surface area contributed by atoms with Gasteiger partial charge in [0.15, 0.2) is 11.6 Å². The molecule has 2 aromatic rings. The minimum atomic E-state index is -0.776. The van der Waals surface area contributed by atoms with Crippen molar-refractivity contribution in [3.63, 3.8) is 0 Å². The Morgan fingerprint density at radius 3 is 2.44 bits per heavy atom. The Bertz CT molecular complexity index is 654. The van der Waals surface area contributed by atoms with Crippen molar-refractivity contribution in [3.8, 4) is 5.75 Å². The molecule has 0 N–H and O–H groups in total. The molecule has 134 valence electrons. The fraction of sp³-hybridized carbons (Fsp3) is 0.429. The van der Waals surface area contributed by atoms with Crippen LogP contribution in [0.25, 0.3) is 0 Å². The van der Waals surface area contributed by atoms with Gasteiger partial charge in [-0.25, -0.2) is 8.78 Å². The average molecular weight is 345 g/mol. The summed E-state index contributed by atoms with van der Waals surface area (Å²) in [4.78, 5) is 2.41. The summed E-state index contributed by atoms with van der Waals surface area (Å²) in [5.41, 5.74) is 0.859. The van der Waals surface area contributed by atoms with Gasteiger partial charge in [-0.05, 0) is 74.5 Å². The van der Waals surface area contributed by atoms with Crippen LogP contribution in [0.1, 0.15) is 24.8 Å². The summed E-state index contributed by atoms with van der Waals surface area (Å²) in [6.45, 7) is 3.81. The molecule has 25 heavy (non-hydrogen) atoms. The molecule has 0 atom stereocenters. The number of halogens is 2. The highest BCUT2D eigenvalue weighted by Crippen LogP contribution is 2.21. The van der Waals surface area contributed by atoms with Crippen LogP contribution >= 0.6 is 0 Å². The Kier molecular flexibility index (Phi) is 6.40. The first-order chi connectivity index (χ1) is 12.2. The van der Waals surface area contributed by atoms with Gasteiger partial charge in [0.05, 0.1) is 6.61 Å². The van der Waals surface area contributed by atoms with E-state index in [1.54, 1.807) is 6.07 Å². The number of piperidine rings is 1. The molecule has 3 rings (SSSR count). The van der Waals surface area contributed by atoms with E-state index in [4.69, 9.17) is 4.74 Å². The van der Waals surface area contributed by atoms with E-state index in [9.17, 15) is 8.78 Å². The van der Waals surface area contributed by atoms with Gasteiger partial charge in [0.25, 0.3) is 0 Å². The van der Waals surface area contributed by atoms with Crippen LogP contribution in [0.4, 0.5) is 8.78 Å². The van der Waals surface area contributed by atoms with E-state index >= 15 is 0 Å². The van der Waals surface area contributed by atoms with Crippen LogP contribution in [0, 0.1) is 17.6 Å². The largest absolute Gasteiger partial charge is 0.494 e. The van der Waals surface area contributed by atoms with Gasteiger partial charge in [0.1, 0.15) is 5.75 Å². The summed E-state index contributed by atoms with van der Waals surface area (Å²) >= 11 is 0. The highest BCUT2D eigenvalue weighted by molar-refractivity contribution is 5.21. The van der Waals surface area contributed by atoms with E-state index < -0.39 is 11.6 Å². The van der Waals surface area contributed by atoms with Crippen LogP contribution in [-0.4, -0.2) is 31.1 Å². The molecule has 1 heterocycles. The van der Waals surface area contributed by atoms with E-state index in [1.165, 1.54) is 25.0 Å². The van der Waals surface area contributed by atoms with Gasteiger partial charge in [-0.2, -0.15) is 0 Å². The molecular formula is C21H25F2NO. The molecule has 0 radical (unpaired) electrons. The van der Waals surface area contributed by atoms with Crippen LogP contribution in [0.15, 0.2) is 48.5 Å². The molecule has 0 saturated carbocycles. The van der Waals surface area contributed by atoms with Gasteiger partial charge in [-0.1, -0.05) is 24.3 Å². The summed E-state index contributed by atoms with van der Waals surface area (Å²) in [6, 6.07) is 14.1. The molecule has 4 heteroatoms. The average Bonchev–Trinajstić information content (AvgIpc) is 2.65. The summed E-state index contributed by atoms with van der Waals surface area (Å²) in [5, 5.41) is 0. The van der Waals surface area contributed by atoms with Crippen molar-refractivity contribution in [1.29, 1.82) is 0 Å². The van der Waals surface area contributed by atoms with E-state index in [1.807, 2.05) is 30.3 Å². The number of hydrogen-bond acceptors (Lipinski definition) is 2. The van der Waals surface area contributed by atoms with Crippen molar-refractivity contribution in [2.24, 2.45) is 5.92 Å². The van der Waals surface area contributed by atoms with Crippen LogP contribution in [0.5, 0.6) is 5.75 Å². The maximum atomic E-state index is 13.2. The molecule has 1 saturated heterocycles. The fourth-order valence-corrected chi connectivity index (χ4v) is 3.34. The molecule has 1 aliphatic rings. The normalized spacial score (nSPS) is 16.1. The molecule has 1 aliphatic heterocycles. The zero-order valence-electron chi connectivity index (χ0n) is 14.5. The number of hydrogen-bond donors (Lipinski definition) is 0. The number of rotatable bonds is 7. The third kappa shape index (κ3) is 5.53. The first kappa shape index (κ1) is 17.9. The Labute approximate surface area is 148 Å². The smallest absolute Gasteiger partial charge is 0.159 e. The van der Waals surface area contributed by atoms with Crippen LogP contribution in [0.3, 0.4) is 0 Å². The SMILES string of the molecule is Fc1ccc(CCN2CCC(CCOc3ccccc3)CC2)cc1F. The quantitative estimate of drug-likeness (QED) is 0.722. The Morgan fingerprint density at radius 1 is 0.960 bits per heavy atom. The lowest BCUT2D eigenvalue weighted by molar-refractivity contribution is 0.164. The Balaban J connectivity index is 1.33. The molecule has 0 aromatic heterocycles. The first-order valence-electron chi connectivity index (χ1n) is 9.05. The lowest BCUT2D eigenvalue weighted by atomic mass is 9.93. The molecule has 2 nitrogen and oxygen atoms in total. The third-order valence-corrected chi connectivity index (χ3v) is 4.95. The Morgan fingerprint density at radius 2 is 1.72 bits per heavy atom. The second kappa shape index (κ2) is 8.95. The monoisotopic (exact) mass is 345 g/mol. The minimum absolute atomic E-state index is 0.711. The van der Waals surface area contributed by atoms with E-state index in [0.717, 1.165) is 50.4 Å². The van der Waals surface area contributed by atoms with E-state index in [0.29, 0.717) is 5.92 Å². The molecule has 0 amide bonds. The zero-order valence-corrected chi connectivity index (χ0v) is 14.5. The fourth-order valence-electron chi connectivity index (χ4n) is 3.34. The third-order valence-electron chi connectivity index (χ3n) is 4.95. The van der Waals surface area contributed by atoms with Crippen LogP contribution in [0.2, 0.25) is 0 Å². The standard InChI is InChI=1S/C21H25F2NO/c22-20-7-6-18(16-21(20)23)10-14-24-12-8-17(9-13-24)11-15-25-19-4-2-1-3-5-19/h1-7,16-17H,8-15H2. The predicted octanol–water partition coefficient (Wildman–Crippen LogP) is 4.69.